The Balaban J connectivity index is 1.82. The average molecular weight is 334 g/mol. The smallest absolute Gasteiger partial charge is 0.286 e. The third-order valence-electron chi connectivity index (χ3n) is 3.11. The third kappa shape index (κ3) is 2.95. The summed E-state index contributed by atoms with van der Waals surface area (Å²) in [6, 6.07) is 14.3. The van der Waals surface area contributed by atoms with Gasteiger partial charge in [0, 0.05) is 4.90 Å². The summed E-state index contributed by atoms with van der Waals surface area (Å²) in [5, 5.41) is 3.07. The molecule has 0 radical (unpaired) electrons. The van der Waals surface area contributed by atoms with E-state index >= 15 is 0 Å². The second-order valence-corrected chi connectivity index (χ2v) is 7.16. The molecule has 0 bridgehead atoms. The SMILES string of the molecule is COc1ccccc1SCC1=NS(=O)(=O)c2ccccc2N1. The molecule has 7 heteroatoms. The quantitative estimate of drug-likeness (QED) is 0.871. The van der Waals surface area contributed by atoms with Crippen LogP contribution in [0.4, 0.5) is 5.69 Å². The molecule has 114 valence electrons. The number of hydrogen-bond donors (Lipinski definition) is 1. The van der Waals surface area contributed by atoms with Gasteiger partial charge in [-0.2, -0.15) is 8.42 Å². The van der Waals surface area contributed by atoms with Crippen LogP contribution in [0.3, 0.4) is 0 Å². The Labute approximate surface area is 133 Å². The lowest BCUT2D eigenvalue weighted by molar-refractivity contribution is 0.405. The van der Waals surface area contributed by atoms with E-state index in [4.69, 9.17) is 4.74 Å². The second kappa shape index (κ2) is 6.02. The number of methoxy groups -OCH3 is 1. The number of rotatable bonds is 4. The van der Waals surface area contributed by atoms with Crippen LogP contribution in [0.1, 0.15) is 0 Å². The van der Waals surface area contributed by atoms with Crippen molar-refractivity contribution < 1.29 is 13.2 Å². The summed E-state index contributed by atoms with van der Waals surface area (Å²) in [5.41, 5.74) is 0.563. The molecule has 1 aliphatic rings. The minimum absolute atomic E-state index is 0.209. The van der Waals surface area contributed by atoms with Crippen LogP contribution in [-0.2, 0) is 10.0 Å². The summed E-state index contributed by atoms with van der Waals surface area (Å²) < 4.78 is 33.4. The molecule has 1 aliphatic heterocycles. The zero-order chi connectivity index (χ0) is 15.6. The molecule has 0 aromatic heterocycles. The zero-order valence-corrected chi connectivity index (χ0v) is 13.4. The largest absolute Gasteiger partial charge is 0.496 e. The number of ether oxygens (including phenoxy) is 1. The van der Waals surface area contributed by atoms with Crippen LogP contribution in [0, 0.1) is 0 Å². The van der Waals surface area contributed by atoms with E-state index in [1.165, 1.54) is 11.8 Å². The summed E-state index contributed by atoms with van der Waals surface area (Å²) in [5.74, 6) is 1.58. The van der Waals surface area contributed by atoms with Gasteiger partial charge < -0.3 is 10.1 Å². The Bertz CT molecular complexity index is 832. The number of para-hydroxylation sites is 2. The van der Waals surface area contributed by atoms with Gasteiger partial charge in [-0.15, -0.1) is 16.2 Å². The van der Waals surface area contributed by atoms with Crippen molar-refractivity contribution in [3.8, 4) is 5.75 Å². The molecule has 0 spiro atoms. The first-order valence-corrected chi connectivity index (χ1v) is 8.98. The van der Waals surface area contributed by atoms with Gasteiger partial charge >= 0.3 is 0 Å². The fourth-order valence-corrected chi connectivity index (χ4v) is 4.24. The molecule has 5 nitrogen and oxygen atoms in total. The molecule has 0 unspecified atom stereocenters. The van der Waals surface area contributed by atoms with E-state index in [1.807, 2.05) is 24.3 Å². The number of amidine groups is 1. The summed E-state index contributed by atoms with van der Waals surface area (Å²) >= 11 is 1.47. The van der Waals surface area contributed by atoms with Crippen molar-refractivity contribution >= 4 is 33.3 Å². The van der Waals surface area contributed by atoms with Crippen molar-refractivity contribution in [2.24, 2.45) is 4.40 Å². The van der Waals surface area contributed by atoms with E-state index in [0.29, 0.717) is 17.3 Å². The van der Waals surface area contributed by atoms with Crippen molar-refractivity contribution in [3.63, 3.8) is 0 Å². The number of nitrogens with zero attached hydrogens (tertiary/aromatic N) is 1. The van der Waals surface area contributed by atoms with Crippen LogP contribution >= 0.6 is 11.8 Å². The molecule has 0 fully saturated rings. The van der Waals surface area contributed by atoms with E-state index in [2.05, 4.69) is 9.71 Å². The van der Waals surface area contributed by atoms with Gasteiger partial charge in [-0.05, 0) is 24.3 Å². The van der Waals surface area contributed by atoms with Gasteiger partial charge in [0.2, 0.25) is 0 Å². The molecule has 22 heavy (non-hydrogen) atoms. The van der Waals surface area contributed by atoms with Gasteiger partial charge in [-0.1, -0.05) is 24.3 Å². The molecular formula is C15H14N2O3S2. The highest BCUT2D eigenvalue weighted by molar-refractivity contribution is 8.00. The maximum absolute atomic E-state index is 12.2. The molecule has 0 amide bonds. The highest BCUT2D eigenvalue weighted by Crippen LogP contribution is 2.31. The highest BCUT2D eigenvalue weighted by Gasteiger charge is 2.24. The number of thioether (sulfide) groups is 1. The van der Waals surface area contributed by atoms with Crippen LogP contribution in [0.2, 0.25) is 0 Å². The second-order valence-electron chi connectivity index (χ2n) is 4.57. The predicted octanol–water partition coefficient (Wildman–Crippen LogP) is 3.00. The van der Waals surface area contributed by atoms with E-state index in [-0.39, 0.29) is 4.90 Å². The van der Waals surface area contributed by atoms with Gasteiger partial charge in [-0.3, -0.25) is 0 Å². The number of nitrogens with one attached hydrogen (secondary N) is 1. The monoisotopic (exact) mass is 334 g/mol. The predicted molar refractivity (Wildman–Crippen MR) is 88.4 cm³/mol. The van der Waals surface area contributed by atoms with Crippen molar-refractivity contribution in [2.45, 2.75) is 9.79 Å². The van der Waals surface area contributed by atoms with Crippen LogP contribution in [-0.4, -0.2) is 27.1 Å². The van der Waals surface area contributed by atoms with Crippen molar-refractivity contribution in [2.75, 3.05) is 18.2 Å². The maximum Gasteiger partial charge on any atom is 0.286 e. The molecule has 2 aromatic rings. The fourth-order valence-electron chi connectivity index (χ4n) is 2.11. The average Bonchev–Trinajstić information content (AvgIpc) is 2.52. The van der Waals surface area contributed by atoms with Crippen molar-refractivity contribution in [1.82, 2.24) is 0 Å². The van der Waals surface area contributed by atoms with Crippen LogP contribution in [0.15, 0.2) is 62.7 Å². The van der Waals surface area contributed by atoms with Crippen molar-refractivity contribution in [3.05, 3.63) is 48.5 Å². The van der Waals surface area contributed by atoms with Gasteiger partial charge in [0.1, 0.15) is 16.5 Å². The van der Waals surface area contributed by atoms with E-state index in [9.17, 15) is 8.42 Å². The third-order valence-corrected chi connectivity index (χ3v) is 5.55. The van der Waals surface area contributed by atoms with Gasteiger partial charge in [0.15, 0.2) is 0 Å². The molecule has 0 saturated carbocycles. The minimum Gasteiger partial charge on any atom is -0.496 e. The molecule has 3 rings (SSSR count). The first-order valence-electron chi connectivity index (χ1n) is 6.56. The number of anilines is 1. The van der Waals surface area contributed by atoms with Crippen LogP contribution in [0.25, 0.3) is 0 Å². The first kappa shape index (κ1) is 14.9. The number of sulfonamides is 1. The molecule has 1 N–H and O–H groups in total. The minimum atomic E-state index is -3.63. The molecule has 0 saturated heterocycles. The molecule has 0 atom stereocenters. The van der Waals surface area contributed by atoms with Gasteiger partial charge in [0.25, 0.3) is 10.0 Å². The van der Waals surface area contributed by atoms with E-state index < -0.39 is 10.0 Å². The Morgan fingerprint density at radius 3 is 2.68 bits per heavy atom. The van der Waals surface area contributed by atoms with E-state index in [1.54, 1.807) is 31.4 Å². The lowest BCUT2D eigenvalue weighted by Crippen LogP contribution is -2.23. The first-order chi connectivity index (χ1) is 10.6. The molecule has 2 aromatic carbocycles. The standard InChI is InChI=1S/C15H14N2O3S2/c1-20-12-7-3-4-8-13(12)21-10-15-16-11-6-2-5-9-14(11)22(18,19)17-15/h2-9H,10H2,1H3,(H,16,17). The zero-order valence-electron chi connectivity index (χ0n) is 11.8. The number of benzene rings is 2. The topological polar surface area (TPSA) is 67.8 Å². The van der Waals surface area contributed by atoms with E-state index in [0.717, 1.165) is 10.6 Å². The summed E-state index contributed by atoms with van der Waals surface area (Å²) in [7, 11) is -2.02. The highest BCUT2D eigenvalue weighted by atomic mass is 32.2. The van der Waals surface area contributed by atoms with Gasteiger partial charge in [0.05, 0.1) is 18.6 Å². The maximum atomic E-state index is 12.2. The summed E-state index contributed by atoms with van der Waals surface area (Å²) in [4.78, 5) is 1.15. The Morgan fingerprint density at radius 2 is 1.86 bits per heavy atom. The van der Waals surface area contributed by atoms with Crippen molar-refractivity contribution in [1.29, 1.82) is 0 Å². The molecule has 0 aliphatic carbocycles. The van der Waals surface area contributed by atoms with Crippen LogP contribution < -0.4 is 10.1 Å². The number of hydrogen-bond acceptors (Lipinski definition) is 5. The fraction of sp³-hybridized carbons (Fsp3) is 0.133. The molecule has 1 heterocycles. The van der Waals surface area contributed by atoms with Crippen LogP contribution in [0.5, 0.6) is 5.75 Å². The molecular weight excluding hydrogens is 320 g/mol. The Morgan fingerprint density at radius 1 is 1.14 bits per heavy atom. The summed E-state index contributed by atoms with van der Waals surface area (Å²) in [6.45, 7) is 0. The normalized spacial score (nSPS) is 15.4. The Kier molecular flexibility index (Phi) is 4.08. The summed E-state index contributed by atoms with van der Waals surface area (Å²) in [6.07, 6.45) is 0. The number of fused-ring (bicyclic) bond motifs is 1. The lowest BCUT2D eigenvalue weighted by atomic mass is 10.3. The van der Waals surface area contributed by atoms with Gasteiger partial charge in [-0.25, -0.2) is 0 Å². The lowest BCUT2D eigenvalue weighted by Gasteiger charge is -2.18. The Hall–Kier alpha value is -1.99.